The van der Waals surface area contributed by atoms with Gasteiger partial charge in [-0.3, -0.25) is 20.0 Å². The van der Waals surface area contributed by atoms with Gasteiger partial charge >= 0.3 is 0 Å². The van der Waals surface area contributed by atoms with Crippen molar-refractivity contribution in [3.8, 4) is 5.75 Å². The number of hydrazine groups is 1. The van der Waals surface area contributed by atoms with Crippen LogP contribution in [0.4, 0.5) is 0 Å². The molecular weight excluding hydrogens is 234 g/mol. The molecule has 1 heterocycles. The molecule has 18 heavy (non-hydrogen) atoms. The van der Waals surface area contributed by atoms with Crippen molar-refractivity contribution in [3.63, 3.8) is 0 Å². The number of benzene rings is 1. The van der Waals surface area contributed by atoms with Gasteiger partial charge in [-0.1, -0.05) is 6.07 Å². The Bertz CT molecular complexity index is 598. The molecule has 1 aromatic carbocycles. The van der Waals surface area contributed by atoms with E-state index in [-0.39, 0.29) is 6.61 Å². The average Bonchev–Trinajstić information content (AvgIpc) is 2.44. The highest BCUT2D eigenvalue weighted by Crippen LogP contribution is 2.25. The van der Waals surface area contributed by atoms with Gasteiger partial charge in [0.2, 0.25) is 0 Å². The Morgan fingerprint density at radius 2 is 2.28 bits per heavy atom. The van der Waals surface area contributed by atoms with Gasteiger partial charge in [0.1, 0.15) is 11.3 Å². The fraction of sp³-hybridized carbons (Fsp3) is 0.0833. The van der Waals surface area contributed by atoms with E-state index in [2.05, 4.69) is 4.98 Å². The Kier molecular flexibility index (Phi) is 3.49. The SMILES string of the molecule is NNC(=O)COc1ccc(C=O)c2cccnc12. The van der Waals surface area contributed by atoms with E-state index < -0.39 is 5.91 Å². The quantitative estimate of drug-likeness (QED) is 0.352. The monoisotopic (exact) mass is 245 g/mol. The first-order valence-corrected chi connectivity index (χ1v) is 5.21. The summed E-state index contributed by atoms with van der Waals surface area (Å²) < 4.78 is 5.30. The molecule has 0 bridgehead atoms. The Labute approximate surface area is 103 Å². The van der Waals surface area contributed by atoms with Crippen molar-refractivity contribution in [1.82, 2.24) is 10.4 Å². The lowest BCUT2D eigenvalue weighted by Crippen LogP contribution is -2.34. The Morgan fingerprint density at radius 1 is 1.44 bits per heavy atom. The molecule has 0 atom stereocenters. The van der Waals surface area contributed by atoms with Crippen LogP contribution in [0.3, 0.4) is 0 Å². The van der Waals surface area contributed by atoms with Crippen LogP contribution in [-0.4, -0.2) is 23.8 Å². The summed E-state index contributed by atoms with van der Waals surface area (Å²) in [6.45, 7) is -0.206. The summed E-state index contributed by atoms with van der Waals surface area (Å²) in [5.41, 5.74) is 3.02. The predicted octanol–water partition coefficient (Wildman–Crippen LogP) is 0.416. The molecular formula is C12H11N3O3. The van der Waals surface area contributed by atoms with E-state index in [1.807, 2.05) is 5.43 Å². The molecule has 1 amide bonds. The molecule has 3 N–H and O–H groups in total. The first-order chi connectivity index (χ1) is 8.76. The molecule has 6 nitrogen and oxygen atoms in total. The van der Waals surface area contributed by atoms with Gasteiger partial charge in [-0.25, -0.2) is 5.84 Å². The van der Waals surface area contributed by atoms with Crippen molar-refractivity contribution in [1.29, 1.82) is 0 Å². The smallest absolute Gasteiger partial charge is 0.271 e. The van der Waals surface area contributed by atoms with Gasteiger partial charge in [-0.2, -0.15) is 0 Å². The number of nitrogens with two attached hydrogens (primary N) is 1. The molecule has 6 heteroatoms. The summed E-state index contributed by atoms with van der Waals surface area (Å²) >= 11 is 0. The number of nitrogens with one attached hydrogen (secondary N) is 1. The van der Waals surface area contributed by atoms with Crippen LogP contribution in [0.2, 0.25) is 0 Å². The molecule has 0 unspecified atom stereocenters. The number of ether oxygens (including phenoxy) is 1. The molecule has 0 fully saturated rings. The van der Waals surface area contributed by atoms with Crippen LogP contribution in [0.15, 0.2) is 30.5 Å². The molecule has 0 aliphatic rings. The lowest BCUT2D eigenvalue weighted by atomic mass is 10.1. The standard InChI is InChI=1S/C12H11N3O3/c13-15-11(17)7-18-10-4-3-8(6-16)9-2-1-5-14-12(9)10/h1-6H,7,13H2,(H,15,17). The zero-order valence-corrected chi connectivity index (χ0v) is 9.42. The van der Waals surface area contributed by atoms with Crippen LogP contribution in [0.5, 0.6) is 5.75 Å². The van der Waals surface area contributed by atoms with Crippen molar-refractivity contribution in [2.24, 2.45) is 5.84 Å². The van der Waals surface area contributed by atoms with Crippen molar-refractivity contribution in [2.75, 3.05) is 6.61 Å². The van der Waals surface area contributed by atoms with Gasteiger partial charge < -0.3 is 4.74 Å². The van der Waals surface area contributed by atoms with E-state index in [0.717, 1.165) is 6.29 Å². The second-order valence-corrected chi connectivity index (χ2v) is 3.53. The maximum atomic E-state index is 11.0. The van der Waals surface area contributed by atoms with Crippen molar-refractivity contribution in [3.05, 3.63) is 36.0 Å². The topological polar surface area (TPSA) is 94.3 Å². The molecule has 0 radical (unpaired) electrons. The average molecular weight is 245 g/mol. The summed E-state index contributed by atoms with van der Waals surface area (Å²) in [5.74, 6) is 4.94. The van der Waals surface area contributed by atoms with Crippen molar-refractivity contribution in [2.45, 2.75) is 0 Å². The number of nitrogens with zero attached hydrogens (tertiary/aromatic N) is 1. The molecule has 0 aliphatic heterocycles. The van der Waals surface area contributed by atoms with Crippen molar-refractivity contribution < 1.29 is 14.3 Å². The third kappa shape index (κ3) is 2.28. The number of aldehydes is 1. The number of hydrogen-bond acceptors (Lipinski definition) is 5. The van der Waals surface area contributed by atoms with Gasteiger partial charge in [-0.15, -0.1) is 0 Å². The lowest BCUT2D eigenvalue weighted by Gasteiger charge is -2.08. The third-order valence-corrected chi connectivity index (χ3v) is 2.41. The minimum Gasteiger partial charge on any atom is -0.481 e. The molecule has 0 aliphatic carbocycles. The third-order valence-electron chi connectivity index (χ3n) is 2.41. The fourth-order valence-corrected chi connectivity index (χ4v) is 1.57. The van der Waals surface area contributed by atoms with Crippen LogP contribution in [-0.2, 0) is 4.79 Å². The fourth-order valence-electron chi connectivity index (χ4n) is 1.57. The van der Waals surface area contributed by atoms with Crippen LogP contribution in [0.25, 0.3) is 10.9 Å². The predicted molar refractivity (Wildman–Crippen MR) is 65.0 cm³/mol. The molecule has 1 aromatic heterocycles. The summed E-state index contributed by atoms with van der Waals surface area (Å²) in [5, 5.41) is 0.679. The largest absolute Gasteiger partial charge is 0.481 e. The number of carbonyl (C=O) groups is 2. The van der Waals surface area contributed by atoms with Gasteiger partial charge in [-0.05, 0) is 18.2 Å². The summed E-state index contributed by atoms with van der Waals surface area (Å²) in [6.07, 6.45) is 2.34. The molecule has 0 saturated heterocycles. The zero-order valence-electron chi connectivity index (χ0n) is 9.42. The van der Waals surface area contributed by atoms with E-state index in [4.69, 9.17) is 10.6 Å². The van der Waals surface area contributed by atoms with E-state index in [1.165, 1.54) is 0 Å². The first-order valence-electron chi connectivity index (χ1n) is 5.21. The maximum Gasteiger partial charge on any atom is 0.271 e. The summed E-state index contributed by atoms with van der Waals surface area (Å²) in [7, 11) is 0. The molecule has 0 saturated carbocycles. The highest BCUT2D eigenvalue weighted by molar-refractivity contribution is 5.99. The van der Waals surface area contributed by atoms with E-state index in [0.29, 0.717) is 22.2 Å². The highest BCUT2D eigenvalue weighted by atomic mass is 16.5. The maximum absolute atomic E-state index is 11.0. The molecule has 2 rings (SSSR count). The minimum absolute atomic E-state index is 0.206. The molecule has 2 aromatic rings. The number of pyridine rings is 1. The number of fused-ring (bicyclic) bond motifs is 1. The zero-order chi connectivity index (χ0) is 13.0. The molecule has 92 valence electrons. The Morgan fingerprint density at radius 3 is 3.00 bits per heavy atom. The minimum atomic E-state index is -0.446. The Hall–Kier alpha value is -2.47. The lowest BCUT2D eigenvalue weighted by molar-refractivity contribution is -0.123. The number of aromatic nitrogens is 1. The number of rotatable bonds is 4. The second-order valence-electron chi connectivity index (χ2n) is 3.53. The Balaban J connectivity index is 2.40. The van der Waals surface area contributed by atoms with Gasteiger partial charge in [0.05, 0.1) is 0 Å². The van der Waals surface area contributed by atoms with Crippen LogP contribution >= 0.6 is 0 Å². The number of carbonyl (C=O) groups excluding carboxylic acids is 2. The molecule has 0 spiro atoms. The summed E-state index contributed by atoms with van der Waals surface area (Å²) in [4.78, 5) is 26.0. The number of hydrogen-bond donors (Lipinski definition) is 2. The van der Waals surface area contributed by atoms with Crippen LogP contribution < -0.4 is 16.0 Å². The van der Waals surface area contributed by atoms with Crippen LogP contribution in [0.1, 0.15) is 10.4 Å². The normalized spacial score (nSPS) is 10.1. The first kappa shape index (κ1) is 12.0. The van der Waals surface area contributed by atoms with Gasteiger partial charge in [0, 0.05) is 17.1 Å². The van der Waals surface area contributed by atoms with E-state index in [1.54, 1.807) is 30.5 Å². The number of amides is 1. The van der Waals surface area contributed by atoms with Gasteiger partial charge in [0.25, 0.3) is 5.91 Å². The van der Waals surface area contributed by atoms with Crippen LogP contribution in [0, 0.1) is 0 Å². The van der Waals surface area contributed by atoms with Gasteiger partial charge in [0.15, 0.2) is 12.9 Å². The summed E-state index contributed by atoms with van der Waals surface area (Å²) in [6, 6.07) is 6.71. The van der Waals surface area contributed by atoms with Crippen molar-refractivity contribution >= 4 is 23.1 Å². The second kappa shape index (κ2) is 5.24. The van der Waals surface area contributed by atoms with E-state index in [9.17, 15) is 9.59 Å². The van der Waals surface area contributed by atoms with E-state index >= 15 is 0 Å². The highest BCUT2D eigenvalue weighted by Gasteiger charge is 2.08.